The Morgan fingerprint density at radius 2 is 1.95 bits per heavy atom. The summed E-state index contributed by atoms with van der Waals surface area (Å²) in [5.74, 6) is 0.246. The van der Waals surface area contributed by atoms with E-state index in [0.29, 0.717) is 24.5 Å². The van der Waals surface area contributed by atoms with Crippen molar-refractivity contribution in [1.29, 1.82) is 0 Å². The van der Waals surface area contributed by atoms with Gasteiger partial charge in [-0.25, -0.2) is 9.97 Å². The Hall–Kier alpha value is -1.85. The van der Waals surface area contributed by atoms with Crippen molar-refractivity contribution in [2.24, 2.45) is 5.92 Å². The molecule has 1 aliphatic carbocycles. The van der Waals surface area contributed by atoms with Crippen molar-refractivity contribution in [3.63, 3.8) is 0 Å². The highest BCUT2D eigenvalue weighted by Crippen LogP contribution is 2.28. The largest absolute Gasteiger partial charge is 0.481 e. The first kappa shape index (κ1) is 14.6. The molecule has 0 aliphatic heterocycles. The van der Waals surface area contributed by atoms with Crippen LogP contribution < -0.4 is 10.1 Å². The number of ether oxygens (including phenoxy) is 1. The normalized spacial score (nSPS) is 22.6. The summed E-state index contributed by atoms with van der Waals surface area (Å²) in [6, 6.07) is 0.233. The molecule has 1 aliphatic rings. The standard InChI is InChI=1S/C14H21N3O3/c1-9(2)20-13-12(15-7-8-16-13)17-11-5-3-10(4-6-11)14(18)19/h7-11H,3-6H2,1-2H3,(H,15,17)(H,18,19). The molecule has 1 fully saturated rings. The van der Waals surface area contributed by atoms with Gasteiger partial charge in [-0.15, -0.1) is 0 Å². The number of aromatic nitrogens is 2. The van der Waals surface area contributed by atoms with Gasteiger partial charge >= 0.3 is 5.97 Å². The number of nitrogens with zero attached hydrogens (tertiary/aromatic N) is 2. The molecule has 6 nitrogen and oxygen atoms in total. The minimum Gasteiger partial charge on any atom is -0.481 e. The lowest BCUT2D eigenvalue weighted by Gasteiger charge is -2.27. The van der Waals surface area contributed by atoms with E-state index in [9.17, 15) is 4.79 Å². The minimum atomic E-state index is -0.688. The molecule has 6 heteroatoms. The molecule has 1 aromatic heterocycles. The fourth-order valence-corrected chi connectivity index (χ4v) is 2.41. The average molecular weight is 279 g/mol. The lowest BCUT2D eigenvalue weighted by Crippen LogP contribution is -2.29. The minimum absolute atomic E-state index is 0.0370. The van der Waals surface area contributed by atoms with E-state index in [1.807, 2.05) is 13.8 Å². The van der Waals surface area contributed by atoms with Gasteiger partial charge in [0.2, 0.25) is 0 Å². The van der Waals surface area contributed by atoms with Crippen molar-refractivity contribution in [2.45, 2.75) is 51.7 Å². The summed E-state index contributed by atoms with van der Waals surface area (Å²) < 4.78 is 5.62. The smallest absolute Gasteiger partial charge is 0.306 e. The Balaban J connectivity index is 1.96. The Labute approximate surface area is 118 Å². The molecular formula is C14H21N3O3. The van der Waals surface area contributed by atoms with Crippen molar-refractivity contribution in [1.82, 2.24) is 9.97 Å². The molecule has 0 atom stereocenters. The number of carboxylic acids is 1. The number of carboxylic acid groups (broad SMARTS) is 1. The molecule has 0 saturated heterocycles. The Kier molecular flexibility index (Phi) is 4.76. The van der Waals surface area contributed by atoms with Gasteiger partial charge < -0.3 is 15.2 Å². The second-order valence-corrected chi connectivity index (χ2v) is 5.41. The third-order valence-electron chi connectivity index (χ3n) is 3.43. The SMILES string of the molecule is CC(C)Oc1nccnc1NC1CCC(C(=O)O)CC1. The maximum atomic E-state index is 10.9. The first-order valence-electron chi connectivity index (χ1n) is 7.03. The molecule has 1 saturated carbocycles. The van der Waals surface area contributed by atoms with E-state index < -0.39 is 5.97 Å². The molecule has 2 N–H and O–H groups in total. The van der Waals surface area contributed by atoms with Crippen LogP contribution in [0.25, 0.3) is 0 Å². The molecule has 1 heterocycles. The second kappa shape index (κ2) is 6.54. The van der Waals surface area contributed by atoms with Gasteiger partial charge in [-0.1, -0.05) is 0 Å². The summed E-state index contributed by atoms with van der Waals surface area (Å²) in [5, 5.41) is 12.3. The number of nitrogens with one attached hydrogen (secondary N) is 1. The number of hydrogen-bond donors (Lipinski definition) is 2. The molecule has 20 heavy (non-hydrogen) atoms. The molecule has 0 aromatic carbocycles. The second-order valence-electron chi connectivity index (χ2n) is 5.41. The maximum Gasteiger partial charge on any atom is 0.306 e. The molecule has 110 valence electrons. The van der Waals surface area contributed by atoms with Crippen LogP contribution in [-0.2, 0) is 4.79 Å². The fraction of sp³-hybridized carbons (Fsp3) is 0.643. The van der Waals surface area contributed by atoms with Gasteiger partial charge in [-0.05, 0) is 39.5 Å². The van der Waals surface area contributed by atoms with E-state index in [2.05, 4.69) is 15.3 Å². The van der Waals surface area contributed by atoms with Gasteiger partial charge in [0, 0.05) is 18.4 Å². The molecule has 0 bridgehead atoms. The van der Waals surface area contributed by atoms with Crippen LogP contribution in [0.5, 0.6) is 5.88 Å². The van der Waals surface area contributed by atoms with Gasteiger partial charge in [-0.3, -0.25) is 4.79 Å². The molecule has 0 spiro atoms. The van der Waals surface area contributed by atoms with Gasteiger partial charge in [0.05, 0.1) is 12.0 Å². The van der Waals surface area contributed by atoms with Gasteiger partial charge in [-0.2, -0.15) is 0 Å². The van der Waals surface area contributed by atoms with Crippen molar-refractivity contribution >= 4 is 11.8 Å². The number of hydrogen-bond acceptors (Lipinski definition) is 5. The van der Waals surface area contributed by atoms with Crippen molar-refractivity contribution < 1.29 is 14.6 Å². The molecule has 0 unspecified atom stereocenters. The summed E-state index contributed by atoms with van der Waals surface area (Å²) in [6.45, 7) is 3.88. The van der Waals surface area contributed by atoms with Crippen LogP contribution in [-0.4, -0.2) is 33.2 Å². The molecular weight excluding hydrogens is 258 g/mol. The summed E-state index contributed by atoms with van der Waals surface area (Å²) in [7, 11) is 0. The van der Waals surface area contributed by atoms with Crippen LogP contribution in [0, 0.1) is 5.92 Å². The van der Waals surface area contributed by atoms with Crippen molar-refractivity contribution in [3.05, 3.63) is 12.4 Å². The van der Waals surface area contributed by atoms with Crippen LogP contribution in [0.3, 0.4) is 0 Å². The van der Waals surface area contributed by atoms with E-state index in [1.165, 1.54) is 0 Å². The number of aliphatic carboxylic acids is 1. The highest BCUT2D eigenvalue weighted by atomic mass is 16.5. The molecule has 0 amide bonds. The Bertz CT molecular complexity index is 457. The summed E-state index contributed by atoms with van der Waals surface area (Å²) >= 11 is 0. The zero-order chi connectivity index (χ0) is 14.5. The number of carbonyl (C=O) groups is 1. The zero-order valence-electron chi connectivity index (χ0n) is 11.9. The third-order valence-corrected chi connectivity index (χ3v) is 3.43. The first-order chi connectivity index (χ1) is 9.56. The maximum absolute atomic E-state index is 10.9. The summed E-state index contributed by atoms with van der Waals surface area (Å²) in [4.78, 5) is 19.4. The predicted octanol–water partition coefficient (Wildman–Crippen LogP) is 2.32. The average Bonchev–Trinajstić information content (AvgIpc) is 2.41. The van der Waals surface area contributed by atoms with Crippen molar-refractivity contribution in [2.75, 3.05) is 5.32 Å². The Morgan fingerprint density at radius 3 is 2.55 bits per heavy atom. The van der Waals surface area contributed by atoms with Gasteiger partial charge in [0.1, 0.15) is 0 Å². The third kappa shape index (κ3) is 3.82. The van der Waals surface area contributed by atoms with Crippen molar-refractivity contribution in [3.8, 4) is 5.88 Å². The lowest BCUT2D eigenvalue weighted by molar-refractivity contribution is -0.142. The fourth-order valence-electron chi connectivity index (χ4n) is 2.41. The number of anilines is 1. The van der Waals surface area contributed by atoms with E-state index in [1.54, 1.807) is 12.4 Å². The van der Waals surface area contributed by atoms with Crippen LogP contribution in [0.1, 0.15) is 39.5 Å². The molecule has 2 rings (SSSR count). The zero-order valence-corrected chi connectivity index (χ0v) is 11.9. The summed E-state index contributed by atoms with van der Waals surface area (Å²) in [6.07, 6.45) is 6.32. The van der Waals surface area contributed by atoms with E-state index >= 15 is 0 Å². The van der Waals surface area contributed by atoms with Gasteiger partial charge in [0.15, 0.2) is 5.82 Å². The van der Waals surface area contributed by atoms with Gasteiger partial charge in [0.25, 0.3) is 5.88 Å². The predicted molar refractivity (Wildman–Crippen MR) is 74.8 cm³/mol. The van der Waals surface area contributed by atoms with E-state index in [-0.39, 0.29) is 18.1 Å². The highest BCUT2D eigenvalue weighted by Gasteiger charge is 2.26. The molecule has 0 radical (unpaired) electrons. The van der Waals surface area contributed by atoms with Crippen LogP contribution in [0.15, 0.2) is 12.4 Å². The summed E-state index contributed by atoms with van der Waals surface area (Å²) in [5.41, 5.74) is 0. The quantitative estimate of drug-likeness (QED) is 0.860. The highest BCUT2D eigenvalue weighted by molar-refractivity contribution is 5.70. The molecule has 1 aromatic rings. The number of rotatable bonds is 5. The Morgan fingerprint density at radius 1 is 1.30 bits per heavy atom. The lowest BCUT2D eigenvalue weighted by atomic mass is 9.86. The first-order valence-corrected chi connectivity index (χ1v) is 7.03. The monoisotopic (exact) mass is 279 g/mol. The van der Waals surface area contributed by atoms with Crippen LogP contribution in [0.4, 0.5) is 5.82 Å². The topological polar surface area (TPSA) is 84.3 Å². The van der Waals surface area contributed by atoms with Crippen LogP contribution >= 0.6 is 0 Å². The van der Waals surface area contributed by atoms with E-state index in [0.717, 1.165) is 12.8 Å². The van der Waals surface area contributed by atoms with E-state index in [4.69, 9.17) is 9.84 Å². The van der Waals surface area contributed by atoms with Crippen LogP contribution in [0.2, 0.25) is 0 Å².